The van der Waals surface area contributed by atoms with Crippen LogP contribution in [0.4, 0.5) is 11.4 Å². The molecule has 0 saturated heterocycles. The molecule has 0 radical (unpaired) electrons. The highest BCUT2D eigenvalue weighted by atomic mass is 16.6. The summed E-state index contributed by atoms with van der Waals surface area (Å²) in [5.41, 5.74) is 0.944. The number of nitro benzene ring substituents is 1. The summed E-state index contributed by atoms with van der Waals surface area (Å²) in [7, 11) is 3.23. The third-order valence-electron chi connectivity index (χ3n) is 4.96. The fourth-order valence-electron chi connectivity index (χ4n) is 3.05. The zero-order chi connectivity index (χ0) is 21.1. The molecule has 9 nitrogen and oxygen atoms in total. The Morgan fingerprint density at radius 1 is 1.31 bits per heavy atom. The molecule has 0 saturated carbocycles. The van der Waals surface area contributed by atoms with E-state index in [1.54, 1.807) is 14.2 Å². The monoisotopic (exact) mass is 399 g/mol. The predicted octanol–water partition coefficient (Wildman–Crippen LogP) is 2.55. The van der Waals surface area contributed by atoms with Gasteiger partial charge in [0.05, 0.1) is 23.8 Å². The standard InChI is InChI=1S/C20H21N3O6/c1-13(14-4-7-16(28-3)8-5-14)21(2)19(24)11-22-17-10-15(23(26)27)6-9-18(17)29-12-20(22)25/h4-10,13H,11-12H2,1-3H3. The van der Waals surface area contributed by atoms with E-state index in [4.69, 9.17) is 9.47 Å². The number of anilines is 1. The molecule has 1 atom stereocenters. The summed E-state index contributed by atoms with van der Waals surface area (Å²) >= 11 is 0. The summed E-state index contributed by atoms with van der Waals surface area (Å²) in [4.78, 5) is 38.5. The van der Waals surface area contributed by atoms with Gasteiger partial charge >= 0.3 is 0 Å². The van der Waals surface area contributed by atoms with Crippen molar-refractivity contribution >= 4 is 23.2 Å². The van der Waals surface area contributed by atoms with Crippen LogP contribution in [0.2, 0.25) is 0 Å². The Labute approximate surface area is 167 Å². The van der Waals surface area contributed by atoms with Crippen LogP contribution < -0.4 is 14.4 Å². The second kappa shape index (κ2) is 8.17. The lowest BCUT2D eigenvalue weighted by Crippen LogP contribution is -2.46. The first kappa shape index (κ1) is 20.1. The van der Waals surface area contributed by atoms with Crippen molar-refractivity contribution in [2.45, 2.75) is 13.0 Å². The highest BCUT2D eigenvalue weighted by Gasteiger charge is 2.31. The van der Waals surface area contributed by atoms with Gasteiger partial charge in [0.1, 0.15) is 18.0 Å². The number of amides is 2. The Kier molecular flexibility index (Phi) is 5.67. The molecular weight excluding hydrogens is 378 g/mol. The van der Waals surface area contributed by atoms with E-state index >= 15 is 0 Å². The van der Waals surface area contributed by atoms with Gasteiger partial charge in [-0.2, -0.15) is 0 Å². The Balaban J connectivity index is 1.79. The van der Waals surface area contributed by atoms with Crippen LogP contribution in [0.15, 0.2) is 42.5 Å². The van der Waals surface area contributed by atoms with Crippen LogP contribution >= 0.6 is 0 Å². The fraction of sp³-hybridized carbons (Fsp3) is 0.300. The highest BCUT2D eigenvalue weighted by Crippen LogP contribution is 2.35. The quantitative estimate of drug-likeness (QED) is 0.546. The molecule has 152 valence electrons. The zero-order valence-electron chi connectivity index (χ0n) is 16.3. The average molecular weight is 399 g/mol. The Hall–Kier alpha value is -3.62. The lowest BCUT2D eigenvalue weighted by atomic mass is 10.1. The number of ether oxygens (including phenoxy) is 2. The number of hydrogen-bond donors (Lipinski definition) is 0. The second-order valence-corrected chi connectivity index (χ2v) is 6.63. The van der Waals surface area contributed by atoms with E-state index < -0.39 is 10.8 Å². The van der Waals surface area contributed by atoms with E-state index in [1.807, 2.05) is 31.2 Å². The maximum Gasteiger partial charge on any atom is 0.271 e. The summed E-state index contributed by atoms with van der Waals surface area (Å²) in [6.45, 7) is 1.41. The van der Waals surface area contributed by atoms with Crippen LogP contribution in [0.25, 0.3) is 0 Å². The number of carbonyl (C=O) groups excluding carboxylic acids is 2. The summed E-state index contributed by atoms with van der Waals surface area (Å²) in [6, 6.07) is 11.1. The minimum atomic E-state index is -0.558. The topological polar surface area (TPSA) is 102 Å². The lowest BCUT2D eigenvalue weighted by molar-refractivity contribution is -0.384. The molecule has 0 N–H and O–H groups in total. The Morgan fingerprint density at radius 3 is 2.62 bits per heavy atom. The van der Waals surface area contributed by atoms with Crippen molar-refractivity contribution in [1.29, 1.82) is 0 Å². The van der Waals surface area contributed by atoms with Crippen LogP contribution in [0.5, 0.6) is 11.5 Å². The molecule has 9 heteroatoms. The fourth-order valence-corrected chi connectivity index (χ4v) is 3.05. The molecule has 0 aliphatic carbocycles. The summed E-state index contributed by atoms with van der Waals surface area (Å²) in [6.07, 6.45) is 0. The van der Waals surface area contributed by atoms with Gasteiger partial charge in [0.15, 0.2) is 6.61 Å². The SMILES string of the molecule is COc1ccc(C(C)N(C)C(=O)CN2C(=O)COc3ccc([N+](=O)[O-])cc32)cc1. The Morgan fingerprint density at radius 2 is 2.00 bits per heavy atom. The van der Waals surface area contributed by atoms with Gasteiger partial charge in [-0.15, -0.1) is 0 Å². The van der Waals surface area contributed by atoms with Crippen molar-refractivity contribution in [1.82, 2.24) is 4.90 Å². The molecule has 1 heterocycles. The molecule has 3 rings (SSSR count). The number of fused-ring (bicyclic) bond motifs is 1. The molecule has 0 aromatic heterocycles. The number of non-ortho nitro benzene ring substituents is 1. The van der Waals surface area contributed by atoms with E-state index in [-0.39, 0.29) is 36.5 Å². The molecule has 0 spiro atoms. The van der Waals surface area contributed by atoms with Crippen molar-refractivity contribution in [2.24, 2.45) is 0 Å². The van der Waals surface area contributed by atoms with Gasteiger partial charge in [-0.25, -0.2) is 0 Å². The first-order chi connectivity index (χ1) is 13.8. The van der Waals surface area contributed by atoms with Crippen molar-refractivity contribution in [2.75, 3.05) is 32.2 Å². The summed E-state index contributed by atoms with van der Waals surface area (Å²) < 4.78 is 10.5. The van der Waals surface area contributed by atoms with Gasteiger partial charge in [0.25, 0.3) is 11.6 Å². The lowest BCUT2D eigenvalue weighted by Gasteiger charge is -2.32. The molecule has 1 unspecified atom stereocenters. The van der Waals surface area contributed by atoms with Crippen molar-refractivity contribution < 1.29 is 24.0 Å². The molecule has 1 aliphatic heterocycles. The number of hydrogen-bond acceptors (Lipinski definition) is 6. The maximum absolute atomic E-state index is 12.9. The van der Waals surface area contributed by atoms with Gasteiger partial charge < -0.3 is 14.4 Å². The van der Waals surface area contributed by atoms with Crippen LogP contribution in [0.3, 0.4) is 0 Å². The minimum absolute atomic E-state index is 0.181. The largest absolute Gasteiger partial charge is 0.497 e. The zero-order valence-corrected chi connectivity index (χ0v) is 16.3. The van der Waals surface area contributed by atoms with Gasteiger partial charge in [0, 0.05) is 19.2 Å². The molecule has 2 aromatic rings. The predicted molar refractivity (Wildman–Crippen MR) is 105 cm³/mol. The average Bonchev–Trinajstić information content (AvgIpc) is 2.74. The molecular formula is C20H21N3O6. The maximum atomic E-state index is 12.9. The van der Waals surface area contributed by atoms with E-state index in [9.17, 15) is 19.7 Å². The van der Waals surface area contributed by atoms with Gasteiger partial charge in [-0.1, -0.05) is 12.1 Å². The number of nitro groups is 1. The molecule has 0 bridgehead atoms. The van der Waals surface area contributed by atoms with Crippen LogP contribution in [0, 0.1) is 10.1 Å². The van der Waals surface area contributed by atoms with Gasteiger partial charge in [0.2, 0.25) is 5.91 Å². The first-order valence-corrected chi connectivity index (χ1v) is 8.93. The van der Waals surface area contributed by atoms with Crippen molar-refractivity contribution in [3.63, 3.8) is 0 Å². The smallest absolute Gasteiger partial charge is 0.271 e. The van der Waals surface area contributed by atoms with Crippen molar-refractivity contribution in [3.05, 3.63) is 58.1 Å². The number of benzene rings is 2. The number of nitrogens with zero attached hydrogens (tertiary/aromatic N) is 3. The van der Waals surface area contributed by atoms with Crippen LogP contribution in [-0.4, -0.2) is 48.9 Å². The highest BCUT2D eigenvalue weighted by molar-refractivity contribution is 6.02. The number of methoxy groups -OCH3 is 1. The number of likely N-dealkylation sites (N-methyl/N-ethyl adjacent to an activating group) is 1. The number of carbonyl (C=O) groups is 2. The molecule has 0 fully saturated rings. The molecule has 1 aliphatic rings. The normalized spacial score (nSPS) is 13.9. The van der Waals surface area contributed by atoms with E-state index in [0.717, 1.165) is 5.56 Å². The molecule has 2 amide bonds. The molecule has 29 heavy (non-hydrogen) atoms. The third kappa shape index (κ3) is 4.13. The van der Waals surface area contributed by atoms with Gasteiger partial charge in [-0.3, -0.25) is 24.6 Å². The Bertz CT molecular complexity index is 944. The van der Waals surface area contributed by atoms with Crippen molar-refractivity contribution in [3.8, 4) is 11.5 Å². The summed E-state index contributed by atoms with van der Waals surface area (Å²) in [5, 5.41) is 11.1. The van der Waals surface area contributed by atoms with E-state index in [2.05, 4.69) is 0 Å². The first-order valence-electron chi connectivity index (χ1n) is 8.93. The molecule has 2 aromatic carbocycles. The van der Waals surface area contributed by atoms with E-state index in [1.165, 1.54) is 28.0 Å². The third-order valence-corrected chi connectivity index (χ3v) is 4.96. The van der Waals surface area contributed by atoms with Crippen LogP contribution in [-0.2, 0) is 9.59 Å². The van der Waals surface area contributed by atoms with Gasteiger partial charge in [-0.05, 0) is 30.7 Å². The second-order valence-electron chi connectivity index (χ2n) is 6.63. The number of rotatable bonds is 6. The van der Waals surface area contributed by atoms with Crippen LogP contribution in [0.1, 0.15) is 18.5 Å². The minimum Gasteiger partial charge on any atom is -0.497 e. The van der Waals surface area contributed by atoms with E-state index in [0.29, 0.717) is 11.5 Å². The summed E-state index contributed by atoms with van der Waals surface area (Å²) in [5.74, 6) is 0.304.